The highest BCUT2D eigenvalue weighted by molar-refractivity contribution is 6.26. The van der Waals surface area contributed by atoms with Crippen LogP contribution in [-0.4, -0.2) is 0 Å². The Hall–Kier alpha value is -6.70. The summed E-state index contributed by atoms with van der Waals surface area (Å²) < 4.78 is 148. The first-order valence-corrected chi connectivity index (χ1v) is 16.2. The number of hydrogen-bond acceptors (Lipinski definition) is 1. The molecule has 0 atom stereocenters. The molecule has 238 valence electrons. The molecule has 10 rings (SSSR count). The first kappa shape index (κ1) is 17.3. The van der Waals surface area contributed by atoms with Gasteiger partial charge < -0.3 is 4.42 Å². The summed E-state index contributed by atoms with van der Waals surface area (Å²) in [6.45, 7) is 0. The highest BCUT2D eigenvalue weighted by Gasteiger charge is 2.21. The summed E-state index contributed by atoms with van der Waals surface area (Å²) in [6.07, 6.45) is 0. The Morgan fingerprint density at radius 3 is 1.63 bits per heavy atom. The number of hydrogen-bond donors (Lipinski definition) is 0. The van der Waals surface area contributed by atoms with Crippen LogP contribution in [0.15, 0.2) is 198 Å². The molecule has 1 aromatic heterocycles. The van der Waals surface area contributed by atoms with Gasteiger partial charge in [-0.2, -0.15) is 0 Å². The van der Waals surface area contributed by atoms with Crippen molar-refractivity contribution in [3.63, 3.8) is 0 Å². The van der Waals surface area contributed by atoms with Crippen LogP contribution in [0, 0.1) is 0 Å². The third-order valence-corrected chi connectivity index (χ3v) is 9.16. The molecule has 1 heteroatoms. The molecule has 1 nitrogen and oxygen atoms in total. The van der Waals surface area contributed by atoms with Gasteiger partial charge in [-0.25, -0.2) is 0 Å². The highest BCUT2D eigenvalue weighted by atomic mass is 16.3. The van der Waals surface area contributed by atoms with E-state index >= 15 is 0 Å². The van der Waals surface area contributed by atoms with Crippen LogP contribution >= 0.6 is 0 Å². The molecule has 0 aliphatic heterocycles. The zero-order valence-electron chi connectivity index (χ0n) is 42.6. The van der Waals surface area contributed by atoms with Gasteiger partial charge in [-0.3, -0.25) is 0 Å². The van der Waals surface area contributed by atoms with Crippen molar-refractivity contribution in [2.24, 2.45) is 0 Å². The van der Waals surface area contributed by atoms with Gasteiger partial charge in [0, 0.05) is 10.8 Å². The van der Waals surface area contributed by atoms with Crippen LogP contribution in [0.2, 0.25) is 0 Å². The predicted octanol–water partition coefficient (Wildman–Crippen LogP) is 14.2. The molecule has 0 saturated heterocycles. The molecule has 0 saturated carbocycles. The number of furan rings is 1. The van der Waals surface area contributed by atoms with Crippen LogP contribution < -0.4 is 0 Å². The first-order valence-electron chi connectivity index (χ1n) is 24.2. The van der Waals surface area contributed by atoms with E-state index in [0.29, 0.717) is 43.8 Å². The quantitative estimate of drug-likeness (QED) is 0.167. The molecule has 0 aliphatic carbocycles. The molecule has 0 amide bonds. The van der Waals surface area contributed by atoms with Gasteiger partial charge >= 0.3 is 0 Å². The molecule has 0 radical (unpaired) electrons. The summed E-state index contributed by atoms with van der Waals surface area (Å²) >= 11 is 0. The van der Waals surface area contributed by atoms with E-state index in [2.05, 4.69) is 0 Å². The van der Waals surface area contributed by atoms with Crippen LogP contribution in [0.4, 0.5) is 0 Å². The lowest BCUT2D eigenvalue weighted by atomic mass is 9.83. The summed E-state index contributed by atoms with van der Waals surface area (Å²) in [5.74, 6) is 0. The second kappa shape index (κ2) is 12.0. The van der Waals surface area contributed by atoms with Gasteiger partial charge in [-0.1, -0.05) is 170 Å². The average molecular weight is 665 g/mol. The Kier molecular flexibility index (Phi) is 4.07. The monoisotopic (exact) mass is 664 g/mol. The van der Waals surface area contributed by atoms with Gasteiger partial charge in [0.05, 0.1) is 21.9 Å². The van der Waals surface area contributed by atoms with E-state index in [1.54, 1.807) is 66.7 Å². The summed E-state index contributed by atoms with van der Waals surface area (Å²) in [4.78, 5) is 0. The Morgan fingerprint density at radius 2 is 0.961 bits per heavy atom. The molecule has 0 fully saturated rings. The number of fused-ring (bicyclic) bond motifs is 5. The third-order valence-electron chi connectivity index (χ3n) is 9.16. The van der Waals surface area contributed by atoms with Crippen LogP contribution in [0.1, 0.15) is 21.9 Å². The fraction of sp³-hybridized carbons (Fsp3) is 0. The van der Waals surface area contributed by atoms with Crippen LogP contribution in [-0.2, 0) is 0 Å². The van der Waals surface area contributed by atoms with E-state index in [4.69, 9.17) is 23.6 Å². The lowest BCUT2D eigenvalue weighted by molar-refractivity contribution is 0.669. The van der Waals surface area contributed by atoms with Gasteiger partial charge in [0.1, 0.15) is 11.2 Å². The van der Waals surface area contributed by atoms with Crippen molar-refractivity contribution in [1.82, 2.24) is 0 Å². The normalized spacial score (nSPS) is 15.9. The summed E-state index contributed by atoms with van der Waals surface area (Å²) in [7, 11) is 0. The van der Waals surface area contributed by atoms with E-state index in [9.17, 15) is 2.74 Å². The predicted molar refractivity (Wildman–Crippen MR) is 216 cm³/mol. The molecule has 51 heavy (non-hydrogen) atoms. The maximum atomic E-state index is 9.59. The Morgan fingerprint density at radius 1 is 0.353 bits per heavy atom. The topological polar surface area (TPSA) is 13.1 Å². The maximum Gasteiger partial charge on any atom is 0.136 e. The van der Waals surface area contributed by atoms with Gasteiger partial charge in [0.15, 0.2) is 0 Å². The third kappa shape index (κ3) is 4.86. The van der Waals surface area contributed by atoms with E-state index in [1.165, 1.54) is 6.07 Å². The molecule has 0 spiro atoms. The number of benzene rings is 9. The van der Waals surface area contributed by atoms with Gasteiger partial charge in [0.25, 0.3) is 0 Å². The molecule has 1 heterocycles. The standard InChI is InChI=1S/C50H32O/c1-4-15-33(16-5-1)36-28-30-46-45(31-36)50-43(25-14-26-47(50)51-46)49-41-23-12-10-21-39(41)48(40-22-11-13-24-42(40)49)37-27-29-38(34-17-6-2-7-18-34)44(32-37)35-19-8-3-9-20-35/h1-32H/i2D,3D,6D,7D,8D,9D,14D,17D,18D,19D,20D,25D,26D,28D,30D,31D. The lowest BCUT2D eigenvalue weighted by Crippen LogP contribution is -1.93. The van der Waals surface area contributed by atoms with Crippen LogP contribution in [0.3, 0.4) is 0 Å². The van der Waals surface area contributed by atoms with Gasteiger partial charge in [-0.05, 0) is 101 Å². The van der Waals surface area contributed by atoms with E-state index in [0.717, 1.165) is 0 Å². The summed E-state index contributed by atoms with van der Waals surface area (Å²) in [5, 5.41) is 2.54. The fourth-order valence-electron chi connectivity index (χ4n) is 6.99. The minimum Gasteiger partial charge on any atom is -0.456 e. The molecule has 0 unspecified atom stereocenters. The maximum absolute atomic E-state index is 9.59. The van der Waals surface area contributed by atoms with Crippen LogP contribution in [0.5, 0.6) is 0 Å². The summed E-state index contributed by atoms with van der Waals surface area (Å²) in [5.41, 5.74) is 1.61. The Balaban J connectivity index is 1.36. The second-order valence-electron chi connectivity index (χ2n) is 12.0. The Bertz CT molecular complexity index is 3710. The van der Waals surface area contributed by atoms with Crippen LogP contribution in [0.25, 0.3) is 99.1 Å². The van der Waals surface area contributed by atoms with Crippen molar-refractivity contribution in [3.8, 4) is 55.6 Å². The van der Waals surface area contributed by atoms with Crippen molar-refractivity contribution in [3.05, 3.63) is 194 Å². The van der Waals surface area contributed by atoms with Crippen molar-refractivity contribution >= 4 is 43.5 Å². The zero-order chi connectivity index (χ0) is 47.7. The number of rotatable bonds is 5. The molecule has 10 aromatic rings. The average Bonchev–Trinajstić information content (AvgIpc) is 3.74. The first-order chi connectivity index (χ1) is 32.0. The van der Waals surface area contributed by atoms with Crippen molar-refractivity contribution in [2.75, 3.05) is 0 Å². The molecule has 9 aromatic carbocycles. The largest absolute Gasteiger partial charge is 0.456 e. The van der Waals surface area contributed by atoms with E-state index in [-0.39, 0.29) is 79.5 Å². The van der Waals surface area contributed by atoms with Gasteiger partial charge in [-0.15, -0.1) is 0 Å². The molecule has 0 aliphatic rings. The zero-order valence-corrected chi connectivity index (χ0v) is 26.6. The Labute approximate surface area is 319 Å². The second-order valence-corrected chi connectivity index (χ2v) is 12.0. The van der Waals surface area contributed by atoms with E-state index < -0.39 is 72.5 Å². The SMILES string of the molecule is [2H]c1c([2H])c([2H])c(-c2ccc(-c3c4ccccc4c(-c4c([2H])c([2H])c([2H])c5oc6c([2H])c([2H])c(-c7ccccc7)c([2H])c6c45)c4ccccc34)cc2-c2c([2H])c([2H])c([2H])c([2H])c2[2H])c([2H])c1[2H]. The lowest BCUT2D eigenvalue weighted by Gasteiger charge is -2.19. The fourth-order valence-corrected chi connectivity index (χ4v) is 6.99. The minimum absolute atomic E-state index is 0.00679. The smallest absolute Gasteiger partial charge is 0.136 e. The van der Waals surface area contributed by atoms with Gasteiger partial charge in [0.2, 0.25) is 0 Å². The molecular formula is C50H32O. The van der Waals surface area contributed by atoms with Crippen molar-refractivity contribution in [2.45, 2.75) is 0 Å². The molecule has 0 N–H and O–H groups in total. The molecule has 0 bridgehead atoms. The van der Waals surface area contributed by atoms with Crippen molar-refractivity contribution in [1.29, 1.82) is 0 Å². The molecular weight excluding hydrogens is 617 g/mol. The summed E-state index contributed by atoms with van der Waals surface area (Å²) in [6, 6.07) is 20.1. The minimum atomic E-state index is -0.637. The van der Waals surface area contributed by atoms with Crippen molar-refractivity contribution < 1.29 is 26.3 Å². The highest BCUT2D eigenvalue weighted by Crippen LogP contribution is 2.48. The van der Waals surface area contributed by atoms with E-state index in [1.807, 2.05) is 24.3 Å².